The number of benzene rings is 1. The third-order valence-corrected chi connectivity index (χ3v) is 5.20. The lowest BCUT2D eigenvalue weighted by Gasteiger charge is -2.08. The van der Waals surface area contributed by atoms with Crippen LogP contribution in [0.3, 0.4) is 0 Å². The van der Waals surface area contributed by atoms with Gasteiger partial charge in [-0.1, -0.05) is 36.5 Å². The van der Waals surface area contributed by atoms with Crippen LogP contribution in [-0.2, 0) is 17.6 Å². The first-order chi connectivity index (χ1) is 11.7. The molecule has 4 rings (SSSR count). The molecule has 7 heteroatoms. The van der Waals surface area contributed by atoms with Crippen molar-refractivity contribution in [2.24, 2.45) is 0 Å². The van der Waals surface area contributed by atoms with Crippen molar-refractivity contribution in [2.45, 2.75) is 44.9 Å². The molecule has 1 aromatic carbocycles. The van der Waals surface area contributed by atoms with Crippen molar-refractivity contribution < 1.29 is 4.79 Å². The van der Waals surface area contributed by atoms with Crippen molar-refractivity contribution in [3.63, 3.8) is 0 Å². The number of carbonyl (C=O) groups excluding carboxylic acids is 1. The summed E-state index contributed by atoms with van der Waals surface area (Å²) in [7, 11) is 0. The minimum Gasteiger partial charge on any atom is -0.326 e. The Labute approximate surface area is 143 Å². The third-order valence-electron chi connectivity index (χ3n) is 4.24. The Morgan fingerprint density at radius 1 is 1.33 bits per heavy atom. The maximum absolute atomic E-state index is 12.2. The summed E-state index contributed by atoms with van der Waals surface area (Å²) in [6.07, 6.45) is 4.29. The zero-order valence-corrected chi connectivity index (χ0v) is 14.3. The number of nitrogens with one attached hydrogen (secondary N) is 1. The summed E-state index contributed by atoms with van der Waals surface area (Å²) in [5.41, 5.74) is 2.05. The molecule has 6 nitrogen and oxygen atoms in total. The van der Waals surface area contributed by atoms with Crippen LogP contribution >= 0.6 is 11.3 Å². The number of rotatable bonds is 6. The fourth-order valence-electron chi connectivity index (χ4n) is 2.75. The monoisotopic (exact) mass is 341 g/mol. The predicted octanol–water partition coefficient (Wildman–Crippen LogP) is 3.20. The van der Waals surface area contributed by atoms with Gasteiger partial charge in [0.15, 0.2) is 5.82 Å². The molecule has 0 unspecified atom stereocenters. The van der Waals surface area contributed by atoms with E-state index >= 15 is 0 Å². The van der Waals surface area contributed by atoms with Crippen LogP contribution in [0, 0.1) is 0 Å². The Morgan fingerprint density at radius 3 is 2.96 bits per heavy atom. The molecule has 1 aliphatic carbocycles. The minimum absolute atomic E-state index is 0.0179. The molecular weight excluding hydrogens is 322 g/mol. The van der Waals surface area contributed by atoms with Gasteiger partial charge in [0, 0.05) is 24.4 Å². The minimum atomic E-state index is 0.0179. The highest BCUT2D eigenvalue weighted by molar-refractivity contribution is 7.16. The maximum Gasteiger partial charge on any atom is 0.234 e. The van der Waals surface area contributed by atoms with E-state index in [1.807, 2.05) is 28.8 Å². The van der Waals surface area contributed by atoms with Gasteiger partial charge in [0.2, 0.25) is 10.9 Å². The molecular formula is C17H19N5OS. The molecule has 0 saturated heterocycles. The van der Waals surface area contributed by atoms with Gasteiger partial charge in [-0.15, -0.1) is 10.2 Å². The number of hydrogen-bond donors (Lipinski definition) is 1. The van der Waals surface area contributed by atoms with Crippen LogP contribution in [0.4, 0.5) is 5.69 Å². The Hall–Kier alpha value is -2.28. The second-order valence-electron chi connectivity index (χ2n) is 6.08. The van der Waals surface area contributed by atoms with E-state index in [9.17, 15) is 4.79 Å². The molecule has 0 radical (unpaired) electrons. The lowest BCUT2D eigenvalue weighted by Crippen LogP contribution is -2.13. The maximum atomic E-state index is 12.2. The molecule has 1 saturated carbocycles. The van der Waals surface area contributed by atoms with Crippen molar-refractivity contribution in [2.75, 3.05) is 5.32 Å². The predicted molar refractivity (Wildman–Crippen MR) is 93.4 cm³/mol. The van der Waals surface area contributed by atoms with E-state index in [0.717, 1.165) is 33.5 Å². The normalized spacial score (nSPS) is 14.2. The highest BCUT2D eigenvalue weighted by atomic mass is 32.1. The van der Waals surface area contributed by atoms with E-state index in [0.29, 0.717) is 18.8 Å². The molecule has 1 N–H and O–H groups in total. The van der Waals surface area contributed by atoms with Crippen LogP contribution in [0.2, 0.25) is 0 Å². The number of hydrogen-bond acceptors (Lipinski definition) is 5. The SMILES string of the molecule is CCc1ccccc1NC(=O)CCc1nn2c(C3CC3)nnc2s1. The Balaban J connectivity index is 1.40. The van der Waals surface area contributed by atoms with E-state index in [2.05, 4.69) is 27.5 Å². The number of para-hydroxylation sites is 1. The average Bonchev–Trinajstić information content (AvgIpc) is 3.23. The largest absolute Gasteiger partial charge is 0.326 e. The molecule has 0 aliphatic heterocycles. The third kappa shape index (κ3) is 3.03. The number of anilines is 1. The van der Waals surface area contributed by atoms with Crippen LogP contribution in [0.25, 0.3) is 4.96 Å². The van der Waals surface area contributed by atoms with Crippen LogP contribution in [0.5, 0.6) is 0 Å². The summed E-state index contributed by atoms with van der Waals surface area (Å²) in [4.78, 5) is 13.0. The van der Waals surface area contributed by atoms with Gasteiger partial charge in [0.1, 0.15) is 5.01 Å². The Bertz CT molecular complexity index is 880. The van der Waals surface area contributed by atoms with Crippen molar-refractivity contribution in [1.82, 2.24) is 19.8 Å². The molecule has 3 aromatic rings. The Morgan fingerprint density at radius 2 is 2.17 bits per heavy atom. The van der Waals surface area contributed by atoms with Gasteiger partial charge in [-0.3, -0.25) is 4.79 Å². The van der Waals surface area contributed by atoms with E-state index in [1.54, 1.807) is 0 Å². The fraction of sp³-hybridized carbons (Fsp3) is 0.412. The van der Waals surface area contributed by atoms with Crippen LogP contribution in [-0.4, -0.2) is 25.7 Å². The standard InChI is InChI=1S/C17H19N5OS/c1-2-11-5-3-4-6-13(11)18-14(23)9-10-15-21-22-16(12-7-8-12)19-20-17(22)24-15/h3-6,12H,2,7-10H2,1H3,(H,18,23). The molecule has 1 amide bonds. The molecule has 0 spiro atoms. The van der Waals surface area contributed by atoms with Gasteiger partial charge in [0.25, 0.3) is 0 Å². The molecule has 1 aliphatic rings. The van der Waals surface area contributed by atoms with Gasteiger partial charge in [0.05, 0.1) is 0 Å². The summed E-state index contributed by atoms with van der Waals surface area (Å²) >= 11 is 1.52. The van der Waals surface area contributed by atoms with Gasteiger partial charge >= 0.3 is 0 Å². The second-order valence-corrected chi connectivity index (χ2v) is 7.12. The quantitative estimate of drug-likeness (QED) is 0.747. The summed E-state index contributed by atoms with van der Waals surface area (Å²) in [6.45, 7) is 2.09. The van der Waals surface area contributed by atoms with Gasteiger partial charge in [-0.2, -0.15) is 9.61 Å². The van der Waals surface area contributed by atoms with E-state index in [-0.39, 0.29) is 5.91 Å². The number of amides is 1. The van der Waals surface area contributed by atoms with Gasteiger partial charge in [-0.25, -0.2) is 0 Å². The Kier molecular flexibility index (Phi) is 4.02. The molecule has 24 heavy (non-hydrogen) atoms. The van der Waals surface area contributed by atoms with Gasteiger partial charge < -0.3 is 5.32 Å². The number of aromatic nitrogens is 4. The molecule has 2 heterocycles. The molecule has 2 aromatic heterocycles. The van der Waals surface area contributed by atoms with Crippen molar-refractivity contribution in [3.05, 3.63) is 40.7 Å². The zero-order chi connectivity index (χ0) is 16.5. The molecule has 0 bridgehead atoms. The van der Waals surface area contributed by atoms with Crippen LogP contribution in [0.1, 0.15) is 48.5 Å². The lowest BCUT2D eigenvalue weighted by atomic mass is 10.1. The van der Waals surface area contributed by atoms with E-state index in [4.69, 9.17) is 0 Å². The topological polar surface area (TPSA) is 72.2 Å². The summed E-state index contributed by atoms with van der Waals surface area (Å²) in [5.74, 6) is 1.50. The fourth-order valence-corrected chi connectivity index (χ4v) is 3.59. The van der Waals surface area contributed by atoms with Gasteiger partial charge in [-0.05, 0) is 30.9 Å². The summed E-state index contributed by atoms with van der Waals surface area (Å²) in [5, 5.41) is 16.9. The lowest BCUT2D eigenvalue weighted by molar-refractivity contribution is -0.116. The van der Waals surface area contributed by atoms with Crippen molar-refractivity contribution in [3.8, 4) is 0 Å². The summed E-state index contributed by atoms with van der Waals surface area (Å²) in [6, 6.07) is 7.92. The smallest absolute Gasteiger partial charge is 0.234 e. The molecule has 124 valence electrons. The zero-order valence-electron chi connectivity index (χ0n) is 13.5. The van der Waals surface area contributed by atoms with E-state index in [1.165, 1.54) is 24.2 Å². The van der Waals surface area contributed by atoms with E-state index < -0.39 is 0 Å². The number of aryl methyl sites for hydroxylation is 2. The second kappa shape index (κ2) is 6.32. The number of carbonyl (C=O) groups is 1. The number of nitrogens with zero attached hydrogens (tertiary/aromatic N) is 4. The van der Waals surface area contributed by atoms with Crippen LogP contribution in [0.15, 0.2) is 24.3 Å². The number of fused-ring (bicyclic) bond motifs is 1. The highest BCUT2D eigenvalue weighted by Gasteiger charge is 2.30. The first-order valence-electron chi connectivity index (χ1n) is 8.33. The molecule has 0 atom stereocenters. The van der Waals surface area contributed by atoms with Crippen LogP contribution < -0.4 is 5.32 Å². The average molecular weight is 341 g/mol. The van der Waals surface area contributed by atoms with Crippen molar-refractivity contribution in [1.29, 1.82) is 0 Å². The first kappa shape index (κ1) is 15.3. The highest BCUT2D eigenvalue weighted by Crippen LogP contribution is 2.39. The van der Waals surface area contributed by atoms with Crippen molar-refractivity contribution >= 4 is 27.9 Å². The molecule has 1 fully saturated rings. The first-order valence-corrected chi connectivity index (χ1v) is 9.15. The summed E-state index contributed by atoms with van der Waals surface area (Å²) < 4.78 is 1.85.